The van der Waals surface area contributed by atoms with Gasteiger partial charge in [-0.15, -0.1) is 6.42 Å². The van der Waals surface area contributed by atoms with Crippen molar-refractivity contribution in [2.24, 2.45) is 5.14 Å². The first kappa shape index (κ1) is 16.0. The van der Waals surface area contributed by atoms with Crippen molar-refractivity contribution in [3.63, 3.8) is 0 Å². The zero-order valence-corrected chi connectivity index (χ0v) is 12.9. The molecule has 0 aliphatic rings. The maximum atomic E-state index is 12.3. The Bertz CT molecular complexity index is 958. The van der Waals surface area contributed by atoms with Crippen molar-refractivity contribution in [3.05, 3.63) is 54.1 Å². The van der Waals surface area contributed by atoms with E-state index in [2.05, 4.69) is 10.6 Å². The van der Waals surface area contributed by atoms with Crippen LogP contribution in [0.5, 0.6) is 0 Å². The topological polar surface area (TPSA) is 106 Å². The third-order valence-corrected chi connectivity index (χ3v) is 5.02. The van der Waals surface area contributed by atoms with Crippen molar-refractivity contribution in [2.45, 2.75) is 9.79 Å². The van der Waals surface area contributed by atoms with Crippen molar-refractivity contribution < 1.29 is 16.8 Å². The molecule has 0 saturated carbocycles. The lowest BCUT2D eigenvalue weighted by Crippen LogP contribution is -2.16. The minimum atomic E-state index is -3.99. The molecule has 2 aromatic carbocycles. The summed E-state index contributed by atoms with van der Waals surface area (Å²) in [5.41, 5.74) is 0.787. The predicted octanol–water partition coefficient (Wildman–Crippen LogP) is 1.12. The fourth-order valence-electron chi connectivity index (χ4n) is 1.70. The van der Waals surface area contributed by atoms with Crippen LogP contribution in [-0.4, -0.2) is 16.8 Å². The number of primary sulfonamides is 1. The van der Waals surface area contributed by atoms with E-state index in [1.807, 2.05) is 0 Å². The molecule has 2 aromatic rings. The van der Waals surface area contributed by atoms with Crippen molar-refractivity contribution in [3.8, 4) is 12.3 Å². The van der Waals surface area contributed by atoms with Crippen molar-refractivity contribution >= 4 is 25.7 Å². The van der Waals surface area contributed by atoms with Crippen molar-refractivity contribution in [2.75, 3.05) is 4.72 Å². The molecule has 0 heterocycles. The monoisotopic (exact) mass is 336 g/mol. The lowest BCUT2D eigenvalue weighted by Gasteiger charge is -2.09. The summed E-state index contributed by atoms with van der Waals surface area (Å²) in [6, 6.07) is 11.0. The second kappa shape index (κ2) is 5.81. The summed E-state index contributed by atoms with van der Waals surface area (Å²) in [7, 11) is -7.95. The van der Waals surface area contributed by atoms with Crippen LogP contribution in [0.15, 0.2) is 58.3 Å². The Hall–Kier alpha value is -2.34. The van der Waals surface area contributed by atoms with Gasteiger partial charge in [-0.3, -0.25) is 4.72 Å². The number of terminal acetylenes is 1. The molecule has 0 aliphatic heterocycles. The van der Waals surface area contributed by atoms with E-state index in [0.717, 1.165) is 6.07 Å². The Morgan fingerprint density at radius 2 is 1.59 bits per heavy atom. The molecule has 3 N–H and O–H groups in total. The van der Waals surface area contributed by atoms with E-state index in [1.165, 1.54) is 30.3 Å². The van der Waals surface area contributed by atoms with Gasteiger partial charge < -0.3 is 0 Å². The minimum absolute atomic E-state index is 0.217. The highest BCUT2D eigenvalue weighted by Gasteiger charge is 2.17. The van der Waals surface area contributed by atoms with Gasteiger partial charge in [-0.05, 0) is 36.4 Å². The fourth-order valence-corrected chi connectivity index (χ4v) is 3.43. The quantitative estimate of drug-likeness (QED) is 0.816. The van der Waals surface area contributed by atoms with Crippen LogP contribution in [0.1, 0.15) is 5.56 Å². The zero-order chi connectivity index (χ0) is 16.4. The van der Waals surface area contributed by atoms with Gasteiger partial charge >= 0.3 is 0 Å². The number of sulfonamides is 2. The normalized spacial score (nSPS) is 11.6. The van der Waals surface area contributed by atoms with Gasteiger partial charge in [0.25, 0.3) is 10.0 Å². The molecule has 0 spiro atoms. The van der Waals surface area contributed by atoms with Crippen LogP contribution in [0.25, 0.3) is 0 Å². The summed E-state index contributed by atoms with van der Waals surface area (Å²) in [4.78, 5) is -0.502. The molecule has 0 aromatic heterocycles. The molecule has 0 radical (unpaired) electrons. The average molecular weight is 336 g/mol. The fraction of sp³-hybridized carbons (Fsp3) is 0. The molecule has 8 heteroatoms. The Labute approximate surface area is 129 Å². The van der Waals surface area contributed by atoms with Crippen molar-refractivity contribution in [1.82, 2.24) is 0 Å². The van der Waals surface area contributed by atoms with Crippen molar-refractivity contribution in [1.29, 1.82) is 0 Å². The van der Waals surface area contributed by atoms with Gasteiger partial charge in [0.2, 0.25) is 10.0 Å². The van der Waals surface area contributed by atoms with Crippen LogP contribution in [0.4, 0.5) is 5.69 Å². The highest BCUT2D eigenvalue weighted by molar-refractivity contribution is 7.93. The molecule has 0 fully saturated rings. The van der Waals surface area contributed by atoms with E-state index in [9.17, 15) is 16.8 Å². The lowest BCUT2D eigenvalue weighted by molar-refractivity contribution is 0.597. The average Bonchev–Trinajstić information content (AvgIpc) is 2.46. The van der Waals surface area contributed by atoms with Gasteiger partial charge in [-0.1, -0.05) is 18.1 Å². The van der Waals surface area contributed by atoms with Crippen LogP contribution in [0, 0.1) is 12.3 Å². The Balaban J connectivity index is 2.41. The molecule has 0 amide bonds. The Morgan fingerprint density at radius 1 is 0.955 bits per heavy atom. The summed E-state index contributed by atoms with van der Waals surface area (Å²) in [6.45, 7) is 0. The number of hydrogen-bond donors (Lipinski definition) is 2. The molecule has 0 bridgehead atoms. The summed E-state index contributed by atoms with van der Waals surface area (Å²) < 4.78 is 49.5. The number of nitrogens with two attached hydrogens (primary N) is 1. The number of nitrogens with one attached hydrogen (secondary N) is 1. The summed E-state index contributed by atoms with van der Waals surface area (Å²) in [5.74, 6) is 2.39. The maximum Gasteiger partial charge on any atom is 0.261 e. The Morgan fingerprint density at radius 3 is 2.23 bits per heavy atom. The van der Waals surface area contributed by atoms with Gasteiger partial charge in [0, 0.05) is 5.56 Å². The molecule has 114 valence electrons. The molecule has 2 rings (SSSR count). The van der Waals surface area contributed by atoms with Crippen LogP contribution in [0.3, 0.4) is 0 Å². The van der Waals surface area contributed by atoms with Gasteiger partial charge in [-0.25, -0.2) is 22.0 Å². The van der Waals surface area contributed by atoms with E-state index in [-0.39, 0.29) is 15.5 Å². The maximum absolute atomic E-state index is 12.3. The van der Waals surface area contributed by atoms with E-state index < -0.39 is 20.0 Å². The molecule has 22 heavy (non-hydrogen) atoms. The number of hydrogen-bond acceptors (Lipinski definition) is 4. The predicted molar refractivity (Wildman–Crippen MR) is 83.0 cm³/mol. The highest BCUT2D eigenvalue weighted by Crippen LogP contribution is 2.19. The van der Waals surface area contributed by atoms with E-state index >= 15 is 0 Å². The van der Waals surface area contributed by atoms with Crippen LogP contribution >= 0.6 is 0 Å². The highest BCUT2D eigenvalue weighted by atomic mass is 32.2. The molecule has 0 atom stereocenters. The number of rotatable bonds is 4. The van der Waals surface area contributed by atoms with E-state index in [4.69, 9.17) is 11.6 Å². The second-order valence-electron chi connectivity index (χ2n) is 4.35. The first-order chi connectivity index (χ1) is 10.2. The van der Waals surface area contributed by atoms with Gasteiger partial charge in [0.1, 0.15) is 0 Å². The summed E-state index contributed by atoms with van der Waals surface area (Å²) in [6.07, 6.45) is 5.25. The van der Waals surface area contributed by atoms with Gasteiger partial charge in [0.15, 0.2) is 0 Å². The Kier molecular flexibility index (Phi) is 4.23. The molecule has 6 nitrogen and oxygen atoms in total. The summed E-state index contributed by atoms with van der Waals surface area (Å²) >= 11 is 0. The lowest BCUT2D eigenvalue weighted by atomic mass is 10.2. The molecular formula is C14H12N2O4S2. The smallest absolute Gasteiger partial charge is 0.261 e. The standard InChI is InChI=1S/C14H12N2O4S2/c1-2-11-5-3-6-12(9-11)16-22(19,20)14-8-4-7-13(10-14)21(15,17)18/h1,3-10,16H,(H2,15,17,18). The van der Waals surface area contributed by atoms with Crippen LogP contribution in [-0.2, 0) is 20.0 Å². The van der Waals surface area contributed by atoms with Crippen LogP contribution < -0.4 is 9.86 Å². The SMILES string of the molecule is C#Cc1cccc(NS(=O)(=O)c2cccc(S(N)(=O)=O)c2)c1. The third kappa shape index (κ3) is 3.65. The van der Waals surface area contributed by atoms with Gasteiger partial charge in [0.05, 0.1) is 15.5 Å². The van der Waals surface area contributed by atoms with Gasteiger partial charge in [-0.2, -0.15) is 0 Å². The number of benzene rings is 2. The first-order valence-corrected chi connectivity index (χ1v) is 8.98. The summed E-state index contributed by atoms with van der Waals surface area (Å²) in [5, 5.41) is 4.99. The molecule has 0 aliphatic carbocycles. The molecule has 0 saturated heterocycles. The number of anilines is 1. The molecule has 0 unspecified atom stereocenters. The zero-order valence-electron chi connectivity index (χ0n) is 11.2. The van der Waals surface area contributed by atoms with E-state index in [1.54, 1.807) is 12.1 Å². The third-order valence-electron chi connectivity index (χ3n) is 2.73. The second-order valence-corrected chi connectivity index (χ2v) is 7.59. The van der Waals surface area contributed by atoms with E-state index in [0.29, 0.717) is 5.56 Å². The van der Waals surface area contributed by atoms with Crippen LogP contribution in [0.2, 0.25) is 0 Å². The largest absolute Gasteiger partial charge is 0.280 e. The first-order valence-electron chi connectivity index (χ1n) is 5.95. The minimum Gasteiger partial charge on any atom is -0.280 e. The molecular weight excluding hydrogens is 324 g/mol.